The number of sulfonamides is 1. The molecule has 0 amide bonds. The molecular weight excluding hydrogens is 502 g/mol. The highest BCUT2D eigenvalue weighted by atomic mass is 32.2. The fourth-order valence-corrected chi connectivity index (χ4v) is 7.06. The van der Waals surface area contributed by atoms with Crippen LogP contribution in [0.1, 0.15) is 15.3 Å². The Bertz CT molecular complexity index is 1130. The molecule has 190 valence electrons. The van der Waals surface area contributed by atoms with Crippen molar-refractivity contribution in [3.05, 3.63) is 62.5 Å². The number of hydrogen-bond acceptors (Lipinski definition) is 8. The van der Waals surface area contributed by atoms with E-state index in [-0.39, 0.29) is 31.2 Å². The predicted octanol–water partition coefficient (Wildman–Crippen LogP) is 4.14. The quantitative estimate of drug-likeness (QED) is 0.492. The van der Waals surface area contributed by atoms with Crippen LogP contribution in [0.5, 0.6) is 11.5 Å². The third-order valence-corrected chi connectivity index (χ3v) is 9.64. The molecule has 1 aromatic carbocycles. The summed E-state index contributed by atoms with van der Waals surface area (Å²) in [6, 6.07) is 10.9. The van der Waals surface area contributed by atoms with Crippen LogP contribution in [0.3, 0.4) is 0 Å². The molecule has 0 saturated carbocycles. The average molecular weight is 536 g/mol. The van der Waals surface area contributed by atoms with Crippen molar-refractivity contribution in [3.63, 3.8) is 0 Å². The van der Waals surface area contributed by atoms with Crippen molar-refractivity contribution in [2.45, 2.75) is 24.9 Å². The molecule has 0 fully saturated rings. The third kappa shape index (κ3) is 6.84. The Morgan fingerprint density at radius 3 is 1.71 bits per heavy atom. The van der Waals surface area contributed by atoms with Crippen molar-refractivity contribution < 1.29 is 17.9 Å². The molecule has 0 aliphatic carbocycles. The Balaban J connectivity index is 1.57. The zero-order valence-electron chi connectivity index (χ0n) is 20.5. The van der Waals surface area contributed by atoms with E-state index < -0.39 is 10.0 Å². The second-order valence-corrected chi connectivity index (χ2v) is 12.7. The lowest BCUT2D eigenvalue weighted by Gasteiger charge is -2.23. The van der Waals surface area contributed by atoms with E-state index in [1.54, 1.807) is 34.8 Å². The summed E-state index contributed by atoms with van der Waals surface area (Å²) < 4.78 is 40.5. The molecule has 0 bridgehead atoms. The highest BCUT2D eigenvalue weighted by molar-refractivity contribution is 7.89. The van der Waals surface area contributed by atoms with Crippen LogP contribution in [0.2, 0.25) is 0 Å². The topological polar surface area (TPSA) is 62.3 Å². The minimum absolute atomic E-state index is 0.240. The maximum atomic E-state index is 13.5. The van der Waals surface area contributed by atoms with Crippen LogP contribution in [-0.2, 0) is 23.1 Å². The summed E-state index contributed by atoms with van der Waals surface area (Å²) in [6.07, 6.45) is 0. The zero-order chi connectivity index (χ0) is 24.8. The molecule has 1 aliphatic rings. The first-order valence-corrected chi connectivity index (χ1v) is 14.8. The number of hydrogen-bond donors (Lipinski definition) is 0. The van der Waals surface area contributed by atoms with Crippen LogP contribution < -0.4 is 9.47 Å². The Morgan fingerprint density at radius 2 is 1.23 bits per heavy atom. The molecule has 0 N–H and O–H groups in total. The molecule has 2 aromatic heterocycles. The second-order valence-electron chi connectivity index (χ2n) is 8.81. The molecule has 0 unspecified atom stereocenters. The van der Waals surface area contributed by atoms with Gasteiger partial charge in [0, 0.05) is 39.3 Å². The van der Waals surface area contributed by atoms with E-state index in [1.165, 1.54) is 4.31 Å². The van der Waals surface area contributed by atoms with Crippen molar-refractivity contribution in [2.75, 3.05) is 53.5 Å². The zero-order valence-corrected chi connectivity index (χ0v) is 22.9. The normalized spacial score (nSPS) is 18.1. The van der Waals surface area contributed by atoms with E-state index in [2.05, 4.69) is 23.9 Å². The van der Waals surface area contributed by atoms with Crippen LogP contribution in [0, 0.1) is 6.92 Å². The van der Waals surface area contributed by atoms with E-state index >= 15 is 0 Å². The number of thiophene rings is 2. The average Bonchev–Trinajstić information content (AvgIpc) is 3.45. The number of aryl methyl sites for hydroxylation is 1. The third-order valence-electron chi connectivity index (χ3n) is 5.95. The van der Waals surface area contributed by atoms with Gasteiger partial charge in [0.25, 0.3) is 0 Å². The molecule has 10 heteroatoms. The van der Waals surface area contributed by atoms with Crippen molar-refractivity contribution in [1.82, 2.24) is 14.1 Å². The van der Waals surface area contributed by atoms with Gasteiger partial charge in [0.05, 0.1) is 14.6 Å². The van der Waals surface area contributed by atoms with Gasteiger partial charge in [-0.05, 0) is 56.0 Å². The van der Waals surface area contributed by atoms with E-state index in [0.29, 0.717) is 0 Å². The Morgan fingerprint density at radius 1 is 0.743 bits per heavy atom. The molecule has 7 nitrogen and oxygen atoms in total. The highest BCUT2D eigenvalue weighted by Gasteiger charge is 2.25. The molecule has 35 heavy (non-hydrogen) atoms. The monoisotopic (exact) mass is 535 g/mol. The molecule has 4 rings (SSSR count). The van der Waals surface area contributed by atoms with Crippen LogP contribution in [0.4, 0.5) is 0 Å². The van der Waals surface area contributed by atoms with Crippen molar-refractivity contribution in [3.8, 4) is 11.5 Å². The second kappa shape index (κ2) is 11.9. The van der Waals surface area contributed by atoms with Gasteiger partial charge in [-0.1, -0.05) is 17.7 Å². The fourth-order valence-electron chi connectivity index (χ4n) is 3.86. The van der Waals surface area contributed by atoms with E-state index in [9.17, 15) is 8.42 Å². The summed E-state index contributed by atoms with van der Waals surface area (Å²) >= 11 is 3.33. The maximum absolute atomic E-state index is 13.5. The first-order chi connectivity index (χ1) is 16.8. The van der Waals surface area contributed by atoms with E-state index in [0.717, 1.165) is 53.0 Å². The summed E-state index contributed by atoms with van der Waals surface area (Å²) in [5.41, 5.74) is 1.02. The molecule has 0 atom stereocenters. The van der Waals surface area contributed by atoms with Gasteiger partial charge in [-0.15, -0.1) is 22.7 Å². The lowest BCUT2D eigenvalue weighted by Crippen LogP contribution is -2.37. The minimum Gasteiger partial charge on any atom is -0.491 e. The van der Waals surface area contributed by atoms with Gasteiger partial charge in [0.15, 0.2) is 0 Å². The van der Waals surface area contributed by atoms with Crippen molar-refractivity contribution in [2.24, 2.45) is 0 Å². The maximum Gasteiger partial charge on any atom is 0.243 e. The number of nitrogens with zero attached hydrogens (tertiary/aromatic N) is 3. The summed E-state index contributed by atoms with van der Waals surface area (Å²) in [5, 5.41) is 4.05. The predicted molar refractivity (Wildman–Crippen MR) is 142 cm³/mol. The van der Waals surface area contributed by atoms with Crippen LogP contribution >= 0.6 is 22.7 Å². The van der Waals surface area contributed by atoms with Crippen LogP contribution in [0.15, 0.2) is 52.1 Å². The number of benzene rings is 1. The van der Waals surface area contributed by atoms with Crippen molar-refractivity contribution in [1.29, 1.82) is 0 Å². The largest absolute Gasteiger partial charge is 0.491 e. The van der Waals surface area contributed by atoms with Gasteiger partial charge in [-0.3, -0.25) is 9.80 Å². The minimum atomic E-state index is -3.69. The molecule has 1 aliphatic heterocycles. The smallest absolute Gasteiger partial charge is 0.243 e. The first-order valence-electron chi connectivity index (χ1n) is 11.6. The number of ether oxygens (including phenoxy) is 2. The Labute approximate surface area is 216 Å². The lowest BCUT2D eigenvalue weighted by molar-refractivity contribution is 0.235. The molecule has 0 radical (unpaired) electrons. The van der Waals surface area contributed by atoms with Gasteiger partial charge in [-0.25, -0.2) is 8.42 Å². The number of rotatable bonds is 2. The summed E-state index contributed by atoms with van der Waals surface area (Å²) in [4.78, 5) is 7.15. The first kappa shape index (κ1) is 26.1. The van der Waals surface area contributed by atoms with E-state index in [1.807, 2.05) is 41.9 Å². The Kier molecular flexibility index (Phi) is 8.85. The fraction of sp³-hybridized carbons (Fsp3) is 0.440. The van der Waals surface area contributed by atoms with Crippen molar-refractivity contribution >= 4 is 32.7 Å². The van der Waals surface area contributed by atoms with Gasteiger partial charge in [0.2, 0.25) is 10.0 Å². The molecule has 3 heterocycles. The summed E-state index contributed by atoms with van der Waals surface area (Å²) in [6.45, 7) is 6.40. The lowest BCUT2D eigenvalue weighted by atomic mass is 10.2. The highest BCUT2D eigenvalue weighted by Crippen LogP contribution is 2.28. The standard InChI is InChI=1S/C25H33N3O4S3/c1-20-4-6-21(7-5-20)35(29,30)28-12-14-31-22-8-16-33-24(22)18-26(2)10-11-27(3)19-25-23(9-17-34-25)32-15-13-28/h4-9,16-17H,10-15,18-19H2,1-3H3. The summed E-state index contributed by atoms with van der Waals surface area (Å²) in [5.74, 6) is 1.65. The molecule has 0 saturated heterocycles. The molecule has 0 spiro atoms. The summed E-state index contributed by atoms with van der Waals surface area (Å²) in [7, 11) is 0.538. The van der Waals surface area contributed by atoms with Gasteiger partial charge in [-0.2, -0.15) is 4.31 Å². The van der Waals surface area contributed by atoms with E-state index in [4.69, 9.17) is 9.47 Å². The molecular formula is C25H33N3O4S3. The van der Waals surface area contributed by atoms with Crippen LogP contribution in [0.25, 0.3) is 0 Å². The van der Waals surface area contributed by atoms with Gasteiger partial charge in [0.1, 0.15) is 24.7 Å². The molecule has 3 aromatic rings. The number of fused-ring (bicyclic) bond motifs is 2. The van der Waals surface area contributed by atoms with Crippen LogP contribution in [-0.4, -0.2) is 76.0 Å². The number of likely N-dealkylation sites (N-methyl/N-ethyl adjacent to an activating group) is 2. The Hall–Kier alpha value is -1.95. The van der Waals surface area contributed by atoms with Gasteiger partial charge < -0.3 is 9.47 Å². The van der Waals surface area contributed by atoms with Gasteiger partial charge >= 0.3 is 0 Å². The SMILES string of the molecule is Cc1ccc(S(=O)(=O)N2CCOc3ccsc3CN(C)CCN(C)Cc3sccc3OCC2)cc1.